The van der Waals surface area contributed by atoms with E-state index in [1.54, 1.807) is 17.8 Å². The summed E-state index contributed by atoms with van der Waals surface area (Å²) in [6, 6.07) is 1.89. The fraction of sp³-hybridized carbons (Fsp3) is 0.375. The highest BCUT2D eigenvalue weighted by atomic mass is 35.5. The molecule has 0 unspecified atom stereocenters. The third-order valence-corrected chi connectivity index (χ3v) is 3.66. The summed E-state index contributed by atoms with van der Waals surface area (Å²) < 4.78 is 11.9. The number of primary amides is 1. The first-order chi connectivity index (χ1) is 10.7. The zero-order valence-corrected chi connectivity index (χ0v) is 14.3. The average molecular weight is 338 g/mol. The Hall–Kier alpha value is -2.21. The van der Waals surface area contributed by atoms with Crippen molar-refractivity contribution in [1.29, 1.82) is 0 Å². The molecule has 2 rings (SSSR count). The van der Waals surface area contributed by atoms with Gasteiger partial charge >= 0.3 is 6.09 Å². The van der Waals surface area contributed by atoms with Crippen molar-refractivity contribution >= 4 is 28.8 Å². The number of halogens is 1. The number of amides is 1. The third kappa shape index (κ3) is 3.76. The summed E-state index contributed by atoms with van der Waals surface area (Å²) in [5.41, 5.74) is 7.41. The largest absolute Gasteiger partial charge is 0.494 e. The van der Waals surface area contributed by atoms with Gasteiger partial charge in [-0.2, -0.15) is 5.10 Å². The highest BCUT2D eigenvalue weighted by Gasteiger charge is 2.21. The van der Waals surface area contributed by atoms with Crippen molar-refractivity contribution in [2.75, 3.05) is 13.7 Å². The molecule has 0 aliphatic rings. The van der Waals surface area contributed by atoms with Crippen LogP contribution in [0.2, 0.25) is 5.02 Å². The molecule has 0 spiro atoms. The van der Waals surface area contributed by atoms with E-state index in [4.69, 9.17) is 26.8 Å². The molecule has 0 saturated carbocycles. The van der Waals surface area contributed by atoms with E-state index in [1.165, 1.54) is 0 Å². The number of nitrogens with zero attached hydrogens (tertiary/aromatic N) is 2. The van der Waals surface area contributed by atoms with Crippen LogP contribution in [-0.4, -0.2) is 29.4 Å². The van der Waals surface area contributed by atoms with Gasteiger partial charge in [0.05, 0.1) is 18.3 Å². The van der Waals surface area contributed by atoms with Crippen molar-refractivity contribution < 1.29 is 14.3 Å². The predicted molar refractivity (Wildman–Crippen MR) is 89.7 cm³/mol. The number of hydrogen-bond acceptors (Lipinski definition) is 4. The zero-order chi connectivity index (χ0) is 17.2. The average Bonchev–Trinajstić information content (AvgIpc) is 2.82. The molecule has 0 aliphatic heterocycles. The van der Waals surface area contributed by atoms with Crippen LogP contribution in [0.5, 0.6) is 5.75 Å². The lowest BCUT2D eigenvalue weighted by Crippen LogP contribution is -2.15. The highest BCUT2D eigenvalue weighted by molar-refractivity contribution is 6.34. The number of rotatable bonds is 4. The van der Waals surface area contributed by atoms with Gasteiger partial charge < -0.3 is 15.2 Å². The summed E-state index contributed by atoms with van der Waals surface area (Å²) in [7, 11) is 1.58. The first kappa shape index (κ1) is 17.1. The van der Waals surface area contributed by atoms with E-state index in [1.807, 2.05) is 18.3 Å². The molecule has 2 N–H and O–H groups in total. The number of allylic oxidation sites excluding steroid dienone is 1. The van der Waals surface area contributed by atoms with E-state index >= 15 is 0 Å². The molecule has 0 bridgehead atoms. The number of methoxy groups -OCH3 is 1. The molecule has 0 atom stereocenters. The summed E-state index contributed by atoms with van der Waals surface area (Å²) in [6.45, 7) is 6.30. The number of pyridine rings is 1. The molecule has 2 aromatic rings. The van der Waals surface area contributed by atoms with Gasteiger partial charge in [-0.15, -0.1) is 0 Å². The van der Waals surface area contributed by atoms with Crippen molar-refractivity contribution in [3.05, 3.63) is 35.1 Å². The first-order valence-corrected chi connectivity index (χ1v) is 7.46. The van der Waals surface area contributed by atoms with Gasteiger partial charge in [0.25, 0.3) is 0 Å². The normalized spacial score (nSPS) is 12.5. The van der Waals surface area contributed by atoms with Crippen molar-refractivity contribution in [3.63, 3.8) is 0 Å². The van der Waals surface area contributed by atoms with E-state index in [9.17, 15) is 4.79 Å². The number of hydrogen-bond donors (Lipinski definition) is 1. The van der Waals surface area contributed by atoms with E-state index < -0.39 is 6.09 Å². The molecular formula is C16H20ClN3O3. The van der Waals surface area contributed by atoms with Crippen molar-refractivity contribution in [3.8, 4) is 5.75 Å². The maximum absolute atomic E-state index is 10.8. The lowest BCUT2D eigenvalue weighted by Gasteiger charge is -2.24. The minimum atomic E-state index is -0.804. The molecule has 1 amide bonds. The molecule has 124 valence electrons. The molecule has 0 fully saturated rings. The number of ether oxygens (including phenoxy) is 2. The Labute approximate surface area is 139 Å². The van der Waals surface area contributed by atoms with Crippen LogP contribution in [-0.2, 0) is 4.74 Å². The Morgan fingerprint density at radius 3 is 2.74 bits per heavy atom. The van der Waals surface area contributed by atoms with Gasteiger partial charge in [0.1, 0.15) is 17.9 Å². The van der Waals surface area contributed by atoms with E-state index in [0.29, 0.717) is 16.3 Å². The van der Waals surface area contributed by atoms with Gasteiger partial charge in [-0.05, 0) is 23.1 Å². The second-order valence-corrected chi connectivity index (χ2v) is 6.49. The number of fused-ring (bicyclic) bond motifs is 1. The minimum absolute atomic E-state index is 0.0994. The van der Waals surface area contributed by atoms with Gasteiger partial charge in [0, 0.05) is 11.8 Å². The van der Waals surface area contributed by atoms with E-state index in [-0.39, 0.29) is 12.0 Å². The number of carbonyl (C=O) groups excluding carboxylic acids is 1. The molecule has 0 radical (unpaired) electrons. The highest BCUT2D eigenvalue weighted by Crippen LogP contribution is 2.37. The summed E-state index contributed by atoms with van der Waals surface area (Å²) in [5, 5.41) is 4.75. The molecule has 0 saturated heterocycles. The Morgan fingerprint density at radius 1 is 1.48 bits per heavy atom. The quantitative estimate of drug-likeness (QED) is 0.925. The standard InChI is InChI=1S/C16H20ClN3O3/c1-16(2,3)11(5-6-23-15(18)21)10-7-13(22-4)14-12(17)8-19-20(14)9-10/h5,7-9H,6H2,1-4H3,(H2,18,21). The van der Waals surface area contributed by atoms with Crippen LogP contribution >= 0.6 is 11.6 Å². The lowest BCUT2D eigenvalue weighted by molar-refractivity contribution is 0.169. The van der Waals surface area contributed by atoms with Crippen LogP contribution in [0.3, 0.4) is 0 Å². The summed E-state index contributed by atoms with van der Waals surface area (Å²) in [4.78, 5) is 10.8. The molecule has 23 heavy (non-hydrogen) atoms. The van der Waals surface area contributed by atoms with Gasteiger partial charge in [-0.3, -0.25) is 0 Å². The molecule has 2 aromatic heterocycles. The van der Waals surface area contributed by atoms with Gasteiger partial charge in [-0.1, -0.05) is 32.4 Å². The fourth-order valence-corrected chi connectivity index (χ4v) is 2.64. The second-order valence-electron chi connectivity index (χ2n) is 6.08. The number of aromatic nitrogens is 2. The molecule has 7 heteroatoms. The predicted octanol–water partition coefficient (Wildman–Crippen LogP) is 3.52. The Bertz CT molecular complexity index is 760. The SMILES string of the molecule is COc1cc(C(=CCOC(N)=O)C(C)(C)C)cn2ncc(Cl)c12. The lowest BCUT2D eigenvalue weighted by atomic mass is 9.82. The summed E-state index contributed by atoms with van der Waals surface area (Å²) in [5.74, 6) is 0.621. The van der Waals surface area contributed by atoms with Crippen LogP contribution < -0.4 is 10.5 Å². The number of nitrogens with two attached hydrogens (primary N) is 1. The van der Waals surface area contributed by atoms with Crippen LogP contribution in [0.25, 0.3) is 11.1 Å². The summed E-state index contributed by atoms with van der Waals surface area (Å²) >= 11 is 6.15. The van der Waals surface area contributed by atoms with E-state index in [0.717, 1.165) is 11.1 Å². The molecular weight excluding hydrogens is 318 g/mol. The van der Waals surface area contributed by atoms with Crippen molar-refractivity contribution in [2.24, 2.45) is 11.1 Å². The summed E-state index contributed by atoms with van der Waals surface area (Å²) in [6.07, 6.45) is 4.46. The van der Waals surface area contributed by atoms with Gasteiger partial charge in [0.15, 0.2) is 0 Å². The van der Waals surface area contributed by atoms with Gasteiger partial charge in [0.2, 0.25) is 0 Å². The van der Waals surface area contributed by atoms with Gasteiger partial charge in [-0.25, -0.2) is 9.31 Å². The zero-order valence-electron chi connectivity index (χ0n) is 13.6. The maximum Gasteiger partial charge on any atom is 0.404 e. The second kappa shape index (κ2) is 6.50. The van der Waals surface area contributed by atoms with Crippen LogP contribution in [0.4, 0.5) is 4.79 Å². The Morgan fingerprint density at radius 2 is 2.17 bits per heavy atom. The van der Waals surface area contributed by atoms with Crippen molar-refractivity contribution in [1.82, 2.24) is 9.61 Å². The molecule has 2 heterocycles. The van der Waals surface area contributed by atoms with Crippen LogP contribution in [0, 0.1) is 5.41 Å². The van der Waals surface area contributed by atoms with Crippen molar-refractivity contribution in [2.45, 2.75) is 20.8 Å². The van der Waals surface area contributed by atoms with E-state index in [2.05, 4.69) is 25.9 Å². The Balaban J connectivity index is 2.54. The molecule has 6 nitrogen and oxygen atoms in total. The Kier molecular flexibility index (Phi) is 4.85. The third-order valence-electron chi connectivity index (χ3n) is 3.38. The maximum atomic E-state index is 10.8. The van der Waals surface area contributed by atoms with Crippen LogP contribution in [0.1, 0.15) is 26.3 Å². The number of carbonyl (C=O) groups is 1. The minimum Gasteiger partial charge on any atom is -0.494 e. The first-order valence-electron chi connectivity index (χ1n) is 7.08. The van der Waals surface area contributed by atoms with Crippen LogP contribution in [0.15, 0.2) is 24.5 Å². The molecule has 0 aromatic carbocycles. The topological polar surface area (TPSA) is 78.9 Å². The smallest absolute Gasteiger partial charge is 0.404 e. The fourth-order valence-electron chi connectivity index (χ4n) is 2.42. The monoisotopic (exact) mass is 337 g/mol. The molecule has 0 aliphatic carbocycles.